The average molecular weight is 543 g/mol. The Labute approximate surface area is 226 Å². The van der Waals surface area contributed by atoms with Crippen molar-refractivity contribution < 1.29 is 27.9 Å². The highest BCUT2D eigenvalue weighted by Crippen LogP contribution is 2.57. The van der Waals surface area contributed by atoms with E-state index in [1.165, 1.54) is 4.90 Å². The second-order valence-electron chi connectivity index (χ2n) is 11.3. The van der Waals surface area contributed by atoms with Crippen LogP contribution in [0, 0.1) is 0 Å². The minimum Gasteiger partial charge on any atom is -0.446 e. The first-order valence-electron chi connectivity index (χ1n) is 12.7. The van der Waals surface area contributed by atoms with E-state index >= 15 is 0 Å². The maximum Gasteiger partial charge on any atom is 0.417 e. The van der Waals surface area contributed by atoms with Crippen LogP contribution < -0.4 is 4.90 Å². The van der Waals surface area contributed by atoms with E-state index < -0.39 is 30.9 Å². The summed E-state index contributed by atoms with van der Waals surface area (Å²) in [6.07, 6.45) is 1.16. The van der Waals surface area contributed by atoms with E-state index in [0.717, 1.165) is 16.8 Å². The molecule has 0 saturated carbocycles. The molecule has 1 aliphatic heterocycles. The Balaban J connectivity index is 1.77. The second-order valence-corrected chi connectivity index (χ2v) is 13.2. The van der Waals surface area contributed by atoms with E-state index in [-0.39, 0.29) is 25.2 Å². The Hall–Kier alpha value is -2.93. The number of benzene rings is 2. The number of carbonyl (C=O) groups is 2. The second kappa shape index (κ2) is 11.9. The number of cyclic esters (lactones) is 1. The van der Waals surface area contributed by atoms with Crippen LogP contribution in [0.15, 0.2) is 67.3 Å². The minimum atomic E-state index is -3.46. The molecular formula is C29H39N2O6P. The van der Waals surface area contributed by atoms with Crippen LogP contribution in [0.1, 0.15) is 58.7 Å². The van der Waals surface area contributed by atoms with Crippen molar-refractivity contribution in [3.05, 3.63) is 78.4 Å². The smallest absolute Gasteiger partial charge is 0.417 e. The zero-order chi connectivity index (χ0) is 28.1. The third-order valence-electron chi connectivity index (χ3n) is 5.51. The van der Waals surface area contributed by atoms with Crippen molar-refractivity contribution in [3.63, 3.8) is 0 Å². The van der Waals surface area contributed by atoms with Gasteiger partial charge in [-0.2, -0.15) is 0 Å². The Morgan fingerprint density at radius 2 is 1.63 bits per heavy atom. The van der Waals surface area contributed by atoms with E-state index in [1.54, 1.807) is 6.08 Å². The largest absolute Gasteiger partial charge is 0.446 e. The molecule has 206 valence electrons. The predicted octanol–water partition coefficient (Wildman–Crippen LogP) is 6.72. The summed E-state index contributed by atoms with van der Waals surface area (Å²) in [5.74, 6) is -0.367. The molecule has 0 spiro atoms. The van der Waals surface area contributed by atoms with Crippen molar-refractivity contribution in [2.45, 2.75) is 64.9 Å². The Morgan fingerprint density at radius 1 is 1.05 bits per heavy atom. The number of nitrogens with zero attached hydrogens (tertiary/aromatic N) is 2. The van der Waals surface area contributed by atoms with Gasteiger partial charge in [-0.1, -0.05) is 48.5 Å². The van der Waals surface area contributed by atoms with E-state index in [9.17, 15) is 14.2 Å². The predicted molar refractivity (Wildman–Crippen MR) is 149 cm³/mol. The highest BCUT2D eigenvalue weighted by molar-refractivity contribution is 7.53. The van der Waals surface area contributed by atoms with Crippen LogP contribution in [0.4, 0.5) is 10.5 Å². The number of ether oxygens (including phenoxy) is 1. The number of carbonyl (C=O) groups excluding carboxylic acids is 2. The van der Waals surface area contributed by atoms with Gasteiger partial charge in [0, 0.05) is 12.2 Å². The average Bonchev–Trinajstić information content (AvgIpc) is 3.18. The molecule has 0 unspecified atom stereocenters. The molecule has 1 fully saturated rings. The van der Waals surface area contributed by atoms with E-state index in [1.807, 2.05) is 101 Å². The summed E-state index contributed by atoms with van der Waals surface area (Å²) in [5.41, 5.74) is 1.09. The molecule has 1 saturated heterocycles. The third kappa shape index (κ3) is 8.29. The van der Waals surface area contributed by atoms with Crippen LogP contribution in [0.5, 0.6) is 0 Å². The van der Waals surface area contributed by atoms with Gasteiger partial charge < -0.3 is 18.7 Å². The lowest BCUT2D eigenvalue weighted by Gasteiger charge is -2.32. The number of hydrogen-bond acceptors (Lipinski definition) is 7. The van der Waals surface area contributed by atoms with Crippen LogP contribution in [0.25, 0.3) is 0 Å². The molecule has 0 N–H and O–H groups in total. The van der Waals surface area contributed by atoms with Crippen LogP contribution in [-0.4, -0.2) is 47.8 Å². The topological polar surface area (TPSA) is 85.4 Å². The van der Waals surface area contributed by atoms with Gasteiger partial charge in [0.25, 0.3) is 5.91 Å². The van der Waals surface area contributed by atoms with Crippen molar-refractivity contribution in [2.75, 3.05) is 24.6 Å². The quantitative estimate of drug-likeness (QED) is 0.243. The number of anilines is 1. The molecule has 0 aromatic heterocycles. The number of hydrogen-bond donors (Lipinski definition) is 0. The molecule has 1 heterocycles. The van der Waals surface area contributed by atoms with Crippen molar-refractivity contribution in [1.82, 2.24) is 4.90 Å². The molecule has 1 atom stereocenters. The number of amides is 2. The molecule has 0 bridgehead atoms. The van der Waals surface area contributed by atoms with Gasteiger partial charge in [0.2, 0.25) is 0 Å². The van der Waals surface area contributed by atoms with Gasteiger partial charge in [0.1, 0.15) is 12.6 Å². The van der Waals surface area contributed by atoms with Gasteiger partial charge in [-0.3, -0.25) is 9.36 Å². The molecule has 2 aromatic carbocycles. The molecule has 0 radical (unpaired) electrons. The monoisotopic (exact) mass is 542 g/mol. The summed E-state index contributed by atoms with van der Waals surface area (Å²) in [7, 11) is -3.46. The highest BCUT2D eigenvalue weighted by atomic mass is 31.2. The zero-order valence-corrected chi connectivity index (χ0v) is 24.1. The first kappa shape index (κ1) is 29.6. The number of rotatable bonds is 10. The Kier molecular flexibility index (Phi) is 9.24. The Morgan fingerprint density at radius 3 is 2.16 bits per heavy atom. The van der Waals surface area contributed by atoms with Crippen molar-refractivity contribution in [1.29, 1.82) is 0 Å². The fraction of sp³-hybridized carbons (Fsp3) is 0.448. The molecule has 38 heavy (non-hydrogen) atoms. The SMILES string of the molecule is C=CCN(CC(=O)N1C(=O)OC[C@@H]1c1ccccc1)c1ccc(CP(=O)(OC(C)(C)C)OC(C)(C)C)cc1. The normalized spacial score (nSPS) is 16.3. The first-order chi connectivity index (χ1) is 17.7. The van der Waals surface area contributed by atoms with Gasteiger partial charge in [-0.05, 0) is 64.8 Å². The molecule has 1 aliphatic rings. The highest BCUT2D eigenvalue weighted by Gasteiger charge is 2.39. The fourth-order valence-electron chi connectivity index (χ4n) is 4.23. The zero-order valence-electron chi connectivity index (χ0n) is 23.2. The Bertz CT molecular complexity index is 1150. The van der Waals surface area contributed by atoms with Gasteiger partial charge >= 0.3 is 13.7 Å². The lowest BCUT2D eigenvalue weighted by atomic mass is 10.1. The van der Waals surface area contributed by atoms with E-state index in [2.05, 4.69) is 6.58 Å². The van der Waals surface area contributed by atoms with Crippen LogP contribution in [0.2, 0.25) is 0 Å². The summed E-state index contributed by atoms with van der Waals surface area (Å²) < 4.78 is 30.7. The van der Waals surface area contributed by atoms with Gasteiger partial charge in [-0.15, -0.1) is 6.58 Å². The van der Waals surface area contributed by atoms with E-state index in [0.29, 0.717) is 6.54 Å². The van der Waals surface area contributed by atoms with Crippen molar-refractivity contribution in [2.24, 2.45) is 0 Å². The van der Waals surface area contributed by atoms with Crippen LogP contribution >= 0.6 is 7.60 Å². The summed E-state index contributed by atoms with van der Waals surface area (Å²) >= 11 is 0. The maximum atomic E-state index is 13.6. The fourth-order valence-corrected chi connectivity index (χ4v) is 6.72. The van der Waals surface area contributed by atoms with Crippen molar-refractivity contribution >= 4 is 25.3 Å². The van der Waals surface area contributed by atoms with E-state index in [4.69, 9.17) is 13.8 Å². The van der Waals surface area contributed by atoms with Crippen LogP contribution in [0.3, 0.4) is 0 Å². The summed E-state index contributed by atoms with van der Waals surface area (Å²) in [6, 6.07) is 16.3. The lowest BCUT2D eigenvalue weighted by Crippen LogP contribution is -2.42. The molecule has 8 nitrogen and oxygen atoms in total. The maximum absolute atomic E-state index is 13.6. The third-order valence-corrected chi connectivity index (χ3v) is 7.91. The standard InChI is InChI=1S/C29H39N2O6P/c1-8-18-30(19-26(32)31-25(20-35-27(31)33)23-12-10-9-11-13-23)24-16-14-22(15-17-24)21-38(34,36-28(2,3)4)37-29(5,6)7/h8-17,25H,1,18-21H2,2-7H3/t25-/m1/s1. The molecule has 2 aromatic rings. The van der Waals surface area contributed by atoms with Gasteiger partial charge in [0.15, 0.2) is 0 Å². The lowest BCUT2D eigenvalue weighted by molar-refractivity contribution is -0.127. The molecule has 2 amide bonds. The minimum absolute atomic E-state index is 0.0391. The summed E-state index contributed by atoms with van der Waals surface area (Å²) in [6.45, 7) is 15.4. The first-order valence-corrected chi connectivity index (χ1v) is 14.4. The number of imide groups is 1. The summed E-state index contributed by atoms with van der Waals surface area (Å²) in [4.78, 5) is 28.7. The summed E-state index contributed by atoms with van der Waals surface area (Å²) in [5, 5.41) is 0. The van der Waals surface area contributed by atoms with Crippen LogP contribution in [-0.2, 0) is 29.3 Å². The molecule has 0 aliphatic carbocycles. The van der Waals surface area contributed by atoms with Crippen molar-refractivity contribution in [3.8, 4) is 0 Å². The molecule has 9 heteroatoms. The molecular weight excluding hydrogens is 503 g/mol. The van der Waals surface area contributed by atoms with Gasteiger partial charge in [-0.25, -0.2) is 9.69 Å². The van der Waals surface area contributed by atoms with Gasteiger partial charge in [0.05, 0.1) is 23.9 Å². The molecule has 3 rings (SSSR count).